The average molecular weight is 433 g/mol. The van der Waals surface area contributed by atoms with E-state index in [0.717, 1.165) is 26.4 Å². The number of nitrogens with one attached hydrogen (secondary N) is 1. The quantitative estimate of drug-likeness (QED) is 0.368. The van der Waals surface area contributed by atoms with E-state index < -0.39 is 45.7 Å². The van der Waals surface area contributed by atoms with Crippen molar-refractivity contribution in [3.05, 3.63) is 67.8 Å². The molecule has 0 saturated heterocycles. The lowest BCUT2D eigenvalue weighted by atomic mass is 10.1. The minimum absolute atomic E-state index is 0.0392. The summed E-state index contributed by atoms with van der Waals surface area (Å²) in [6, 6.07) is 6.39. The van der Waals surface area contributed by atoms with Crippen molar-refractivity contribution >= 4 is 34.9 Å². The summed E-state index contributed by atoms with van der Waals surface area (Å²) in [4.78, 5) is 56.1. The van der Waals surface area contributed by atoms with Crippen LogP contribution in [0.3, 0.4) is 0 Å². The zero-order valence-electron chi connectivity index (χ0n) is 16.1. The van der Waals surface area contributed by atoms with E-state index in [-0.39, 0.29) is 22.6 Å². The molecule has 13 heteroatoms. The van der Waals surface area contributed by atoms with Crippen LogP contribution in [0.25, 0.3) is 0 Å². The third kappa shape index (κ3) is 5.50. The molecule has 0 spiro atoms. The minimum Gasteiger partial charge on any atom is -0.477 e. The van der Waals surface area contributed by atoms with Crippen molar-refractivity contribution in [2.45, 2.75) is 0 Å². The van der Waals surface area contributed by atoms with Crippen molar-refractivity contribution in [3.8, 4) is 5.75 Å². The molecule has 2 aromatic rings. The maximum Gasteiger partial charge on any atom is 0.339 e. The SMILES string of the molecule is COC(=O)c1ccc(C(=O)OC)c(NC(=O)COc2ccc([N+](=O)[O-])cc2[N+](=O)[O-])c1. The lowest BCUT2D eigenvalue weighted by Crippen LogP contribution is -2.22. The molecule has 0 saturated carbocycles. The molecule has 0 aliphatic rings. The summed E-state index contributed by atoms with van der Waals surface area (Å²) in [7, 11) is 2.28. The molecule has 31 heavy (non-hydrogen) atoms. The fourth-order valence-electron chi connectivity index (χ4n) is 2.39. The Morgan fingerprint density at radius 3 is 2.19 bits per heavy atom. The molecule has 13 nitrogen and oxygen atoms in total. The standard InChI is InChI=1S/C18H15N3O10/c1-29-17(23)10-3-5-12(18(24)30-2)13(7-10)19-16(22)9-31-15-6-4-11(20(25)26)8-14(15)21(27)28/h3-8H,9H2,1-2H3,(H,19,22). The summed E-state index contributed by atoms with van der Waals surface area (Å²) in [6.07, 6.45) is 0. The minimum atomic E-state index is -0.893. The number of hydrogen-bond donors (Lipinski definition) is 1. The highest BCUT2D eigenvalue weighted by Crippen LogP contribution is 2.31. The van der Waals surface area contributed by atoms with E-state index >= 15 is 0 Å². The van der Waals surface area contributed by atoms with Gasteiger partial charge in [-0.1, -0.05) is 0 Å². The van der Waals surface area contributed by atoms with Gasteiger partial charge in [0.2, 0.25) is 0 Å². The number of carbonyl (C=O) groups excluding carboxylic acids is 3. The highest BCUT2D eigenvalue weighted by molar-refractivity contribution is 6.03. The number of esters is 2. The monoisotopic (exact) mass is 433 g/mol. The Labute approximate surface area is 173 Å². The largest absolute Gasteiger partial charge is 0.477 e. The van der Waals surface area contributed by atoms with Crippen molar-refractivity contribution in [1.82, 2.24) is 0 Å². The number of hydrogen-bond acceptors (Lipinski definition) is 10. The number of benzene rings is 2. The molecule has 0 aliphatic carbocycles. The van der Waals surface area contributed by atoms with Crippen molar-refractivity contribution < 1.29 is 38.4 Å². The molecule has 0 atom stereocenters. The van der Waals surface area contributed by atoms with E-state index in [4.69, 9.17) is 4.74 Å². The Kier molecular flexibility index (Phi) is 7.17. The Balaban J connectivity index is 2.23. The summed E-state index contributed by atoms with van der Waals surface area (Å²) < 4.78 is 14.3. The lowest BCUT2D eigenvalue weighted by molar-refractivity contribution is -0.394. The van der Waals surface area contributed by atoms with Gasteiger partial charge in [-0.05, 0) is 24.3 Å². The predicted octanol–water partition coefficient (Wildman–Crippen LogP) is 2.09. The number of methoxy groups -OCH3 is 2. The van der Waals surface area contributed by atoms with Gasteiger partial charge in [0, 0.05) is 6.07 Å². The Morgan fingerprint density at radius 2 is 1.61 bits per heavy atom. The maximum atomic E-state index is 12.3. The number of non-ortho nitro benzene ring substituents is 1. The first-order chi connectivity index (χ1) is 14.7. The fourth-order valence-corrected chi connectivity index (χ4v) is 2.39. The number of ether oxygens (including phenoxy) is 3. The molecule has 2 rings (SSSR count). The lowest BCUT2D eigenvalue weighted by Gasteiger charge is -2.12. The van der Waals surface area contributed by atoms with Crippen molar-refractivity contribution in [2.75, 3.05) is 26.1 Å². The van der Waals surface area contributed by atoms with Crippen molar-refractivity contribution in [3.63, 3.8) is 0 Å². The molecular weight excluding hydrogens is 418 g/mol. The summed E-state index contributed by atoms with van der Waals surface area (Å²) in [5.41, 5.74) is -1.33. The number of nitro groups is 2. The number of amides is 1. The number of nitro benzene ring substituents is 2. The molecule has 2 aromatic carbocycles. The van der Waals surface area contributed by atoms with Crippen LogP contribution in [0.1, 0.15) is 20.7 Å². The van der Waals surface area contributed by atoms with Crippen molar-refractivity contribution in [2.24, 2.45) is 0 Å². The first kappa shape index (κ1) is 22.7. The van der Waals surface area contributed by atoms with Crippen LogP contribution >= 0.6 is 0 Å². The van der Waals surface area contributed by atoms with Crippen LogP contribution < -0.4 is 10.1 Å². The highest BCUT2D eigenvalue weighted by atomic mass is 16.6. The van der Waals surface area contributed by atoms with Crippen molar-refractivity contribution in [1.29, 1.82) is 0 Å². The molecule has 0 unspecified atom stereocenters. The van der Waals surface area contributed by atoms with Gasteiger partial charge in [0.1, 0.15) is 0 Å². The van der Waals surface area contributed by atoms with Gasteiger partial charge in [0.25, 0.3) is 11.6 Å². The number of nitrogens with zero attached hydrogens (tertiary/aromatic N) is 2. The van der Waals surface area contributed by atoms with E-state index in [1.807, 2.05) is 0 Å². The molecule has 0 aliphatic heterocycles. The van der Waals surface area contributed by atoms with Gasteiger partial charge >= 0.3 is 17.6 Å². The van der Waals surface area contributed by atoms with Crippen LogP contribution in [0.4, 0.5) is 17.1 Å². The van der Waals surface area contributed by atoms with Crippen LogP contribution in [-0.2, 0) is 14.3 Å². The van der Waals surface area contributed by atoms with E-state index in [1.54, 1.807) is 0 Å². The van der Waals surface area contributed by atoms with Gasteiger partial charge in [-0.25, -0.2) is 9.59 Å². The molecule has 0 radical (unpaired) electrons. The van der Waals surface area contributed by atoms with Crippen LogP contribution in [0.2, 0.25) is 0 Å². The van der Waals surface area contributed by atoms with Gasteiger partial charge in [0.05, 0.1) is 46.9 Å². The predicted molar refractivity (Wildman–Crippen MR) is 103 cm³/mol. The third-order valence-electron chi connectivity index (χ3n) is 3.83. The number of rotatable bonds is 8. The average Bonchev–Trinajstić information content (AvgIpc) is 2.76. The Bertz CT molecular complexity index is 1070. The first-order valence-corrected chi connectivity index (χ1v) is 8.34. The smallest absolute Gasteiger partial charge is 0.339 e. The second kappa shape index (κ2) is 9.78. The van der Waals surface area contributed by atoms with Crippen LogP contribution in [-0.4, -0.2) is 48.5 Å². The van der Waals surface area contributed by atoms with E-state index in [1.165, 1.54) is 18.2 Å². The van der Waals surface area contributed by atoms with Gasteiger partial charge in [0.15, 0.2) is 12.4 Å². The third-order valence-corrected chi connectivity index (χ3v) is 3.83. The normalized spacial score (nSPS) is 10.0. The van der Waals surface area contributed by atoms with E-state index in [9.17, 15) is 34.6 Å². The molecule has 162 valence electrons. The number of carbonyl (C=O) groups is 3. The topological polar surface area (TPSA) is 177 Å². The van der Waals surface area contributed by atoms with Gasteiger partial charge in [-0.2, -0.15) is 0 Å². The van der Waals surface area contributed by atoms with Gasteiger partial charge < -0.3 is 19.5 Å². The van der Waals surface area contributed by atoms with Crippen LogP contribution in [0, 0.1) is 20.2 Å². The van der Waals surface area contributed by atoms with E-state index in [2.05, 4.69) is 14.8 Å². The maximum absolute atomic E-state index is 12.3. The molecule has 1 N–H and O–H groups in total. The zero-order valence-corrected chi connectivity index (χ0v) is 16.1. The van der Waals surface area contributed by atoms with Gasteiger partial charge in [-0.3, -0.25) is 25.0 Å². The second-order valence-corrected chi connectivity index (χ2v) is 5.75. The summed E-state index contributed by atoms with van der Waals surface area (Å²) in [5, 5.41) is 24.2. The van der Waals surface area contributed by atoms with Crippen LogP contribution in [0.5, 0.6) is 5.75 Å². The summed E-state index contributed by atoms with van der Waals surface area (Å²) >= 11 is 0. The molecule has 0 bridgehead atoms. The Morgan fingerprint density at radius 1 is 0.935 bits per heavy atom. The molecule has 0 heterocycles. The van der Waals surface area contributed by atoms with Gasteiger partial charge in [-0.15, -0.1) is 0 Å². The first-order valence-electron chi connectivity index (χ1n) is 8.34. The molecule has 0 aromatic heterocycles. The fraction of sp³-hybridized carbons (Fsp3) is 0.167. The van der Waals surface area contributed by atoms with E-state index in [0.29, 0.717) is 6.07 Å². The Hall–Kier alpha value is -4.55. The molecule has 0 fully saturated rings. The second-order valence-electron chi connectivity index (χ2n) is 5.75. The zero-order chi connectivity index (χ0) is 23.1. The molecule has 1 amide bonds. The summed E-state index contributed by atoms with van der Waals surface area (Å²) in [5.74, 6) is -2.72. The molecular formula is C18H15N3O10. The number of anilines is 1. The highest BCUT2D eigenvalue weighted by Gasteiger charge is 2.22. The van der Waals surface area contributed by atoms with Crippen LogP contribution in [0.15, 0.2) is 36.4 Å². The summed E-state index contributed by atoms with van der Waals surface area (Å²) in [6.45, 7) is -0.734.